The van der Waals surface area contributed by atoms with E-state index < -0.39 is 28.9 Å². The van der Waals surface area contributed by atoms with Crippen LogP contribution in [0, 0.1) is 5.41 Å². The summed E-state index contributed by atoms with van der Waals surface area (Å²) in [7, 11) is 0. The fourth-order valence-electron chi connectivity index (χ4n) is 1.58. The number of hydrogen-bond donors (Lipinski definition) is 2. The van der Waals surface area contributed by atoms with E-state index in [2.05, 4.69) is 15.9 Å². The van der Waals surface area contributed by atoms with Crippen molar-refractivity contribution >= 4 is 28.3 Å². The zero-order chi connectivity index (χ0) is 14.3. The Bertz CT molecular complexity index is 458. The van der Waals surface area contributed by atoms with Crippen molar-refractivity contribution in [1.29, 1.82) is 0 Å². The number of nitrogens with two attached hydrogens (primary N) is 1. The molecule has 0 spiro atoms. The van der Waals surface area contributed by atoms with Crippen molar-refractivity contribution in [2.24, 2.45) is 11.1 Å². The highest BCUT2D eigenvalue weighted by Gasteiger charge is 2.39. The molecular formula is C12H16BrClF3NO. The predicted molar refractivity (Wildman–Crippen MR) is 74.4 cm³/mol. The second kappa shape index (κ2) is 5.89. The summed E-state index contributed by atoms with van der Waals surface area (Å²) in [5.41, 5.74) is 4.09. The summed E-state index contributed by atoms with van der Waals surface area (Å²) in [6, 6.07) is 1.16. The van der Waals surface area contributed by atoms with Gasteiger partial charge >= 0.3 is 6.18 Å². The number of alkyl halides is 3. The zero-order valence-electron chi connectivity index (χ0n) is 10.7. The van der Waals surface area contributed by atoms with Gasteiger partial charge in [0, 0.05) is 11.6 Å². The first-order valence-electron chi connectivity index (χ1n) is 5.30. The van der Waals surface area contributed by atoms with Gasteiger partial charge in [-0.15, -0.1) is 12.4 Å². The second-order valence-corrected chi connectivity index (χ2v) is 6.05. The van der Waals surface area contributed by atoms with Crippen molar-refractivity contribution in [1.82, 2.24) is 0 Å². The topological polar surface area (TPSA) is 46.2 Å². The lowest BCUT2D eigenvalue weighted by atomic mass is 9.81. The van der Waals surface area contributed by atoms with Gasteiger partial charge in [0.05, 0.1) is 10.0 Å². The first-order valence-corrected chi connectivity index (χ1v) is 6.09. The molecule has 0 aliphatic carbocycles. The van der Waals surface area contributed by atoms with Crippen LogP contribution in [-0.2, 0) is 6.18 Å². The van der Waals surface area contributed by atoms with Crippen LogP contribution in [0.3, 0.4) is 0 Å². The molecule has 0 bridgehead atoms. The van der Waals surface area contributed by atoms with Crippen molar-refractivity contribution in [3.05, 3.63) is 27.7 Å². The molecule has 110 valence electrons. The summed E-state index contributed by atoms with van der Waals surface area (Å²) >= 11 is 3.01. The lowest BCUT2D eigenvalue weighted by Crippen LogP contribution is -2.29. The monoisotopic (exact) mass is 361 g/mol. The molecule has 1 rings (SSSR count). The maximum atomic E-state index is 12.9. The fourth-order valence-corrected chi connectivity index (χ4v) is 1.92. The summed E-state index contributed by atoms with van der Waals surface area (Å²) in [5.74, 6) is -0.452. The minimum Gasteiger partial charge on any atom is -0.506 e. The molecule has 0 radical (unpaired) electrons. The van der Waals surface area contributed by atoms with E-state index in [0.29, 0.717) is 0 Å². The Kier molecular flexibility index (Phi) is 5.75. The highest BCUT2D eigenvalue weighted by molar-refractivity contribution is 9.10. The summed E-state index contributed by atoms with van der Waals surface area (Å²) < 4.78 is 39.0. The molecule has 0 saturated heterocycles. The zero-order valence-corrected chi connectivity index (χ0v) is 13.1. The summed E-state index contributed by atoms with van der Waals surface area (Å²) in [6.07, 6.45) is -4.55. The van der Waals surface area contributed by atoms with Gasteiger partial charge in [-0.3, -0.25) is 0 Å². The molecule has 0 amide bonds. The van der Waals surface area contributed by atoms with E-state index in [9.17, 15) is 18.3 Å². The predicted octanol–water partition coefficient (Wildman–Crippen LogP) is 4.64. The van der Waals surface area contributed by atoms with Gasteiger partial charge in [-0.2, -0.15) is 13.2 Å². The molecule has 3 N–H and O–H groups in total. The average molecular weight is 363 g/mol. The minimum absolute atomic E-state index is 0. The van der Waals surface area contributed by atoms with Gasteiger partial charge in [0.1, 0.15) is 5.75 Å². The molecule has 0 aromatic heterocycles. The molecule has 0 unspecified atom stereocenters. The molecule has 0 fully saturated rings. The Hall–Kier alpha value is -0.460. The van der Waals surface area contributed by atoms with Crippen molar-refractivity contribution in [3.8, 4) is 5.75 Å². The average Bonchev–Trinajstić information content (AvgIpc) is 2.17. The molecule has 0 heterocycles. The first kappa shape index (κ1) is 18.5. The minimum atomic E-state index is -4.55. The molecule has 0 saturated carbocycles. The van der Waals surface area contributed by atoms with Crippen LogP contribution in [0.25, 0.3) is 0 Å². The van der Waals surface area contributed by atoms with E-state index in [4.69, 9.17) is 5.73 Å². The normalized spacial score (nSPS) is 13.9. The molecule has 1 atom stereocenters. The van der Waals surface area contributed by atoms with Crippen LogP contribution < -0.4 is 5.73 Å². The van der Waals surface area contributed by atoms with Crippen molar-refractivity contribution < 1.29 is 18.3 Å². The second-order valence-electron chi connectivity index (χ2n) is 5.20. The Balaban J connectivity index is 0.00000324. The highest BCUT2D eigenvalue weighted by Crippen LogP contribution is 2.45. The Labute approximate surface area is 124 Å². The van der Waals surface area contributed by atoms with Crippen molar-refractivity contribution in [3.63, 3.8) is 0 Å². The van der Waals surface area contributed by atoms with E-state index >= 15 is 0 Å². The maximum Gasteiger partial charge on any atom is 0.416 e. The van der Waals surface area contributed by atoms with Gasteiger partial charge in [-0.05, 0) is 33.5 Å². The van der Waals surface area contributed by atoms with E-state index in [1.54, 1.807) is 20.8 Å². The Morgan fingerprint density at radius 2 is 1.68 bits per heavy atom. The molecule has 19 heavy (non-hydrogen) atoms. The number of halogens is 5. The smallest absolute Gasteiger partial charge is 0.416 e. The standard InChI is InChI=1S/C12H15BrF3NO.ClH/c1-11(2,3)10(17)8-6(12(14,15)16)4-5-7(13)9(8)18;/h4-5,10,18H,17H2,1-3H3;1H/t10-;/m0./s1. The third-order valence-corrected chi connectivity index (χ3v) is 3.36. The largest absolute Gasteiger partial charge is 0.506 e. The third kappa shape index (κ3) is 4.00. The summed E-state index contributed by atoms with van der Waals surface area (Å²) in [5, 5.41) is 9.85. The van der Waals surface area contributed by atoms with Gasteiger partial charge in [0.15, 0.2) is 0 Å². The third-order valence-electron chi connectivity index (χ3n) is 2.72. The summed E-state index contributed by atoms with van der Waals surface area (Å²) in [4.78, 5) is 0. The molecule has 0 aliphatic heterocycles. The van der Waals surface area contributed by atoms with Crippen LogP contribution >= 0.6 is 28.3 Å². The first-order chi connectivity index (χ1) is 7.96. The van der Waals surface area contributed by atoms with Crippen LogP contribution in [0.2, 0.25) is 0 Å². The quantitative estimate of drug-likeness (QED) is 0.764. The van der Waals surface area contributed by atoms with E-state index in [0.717, 1.165) is 12.1 Å². The number of rotatable bonds is 1. The number of benzene rings is 1. The number of phenols is 1. The van der Waals surface area contributed by atoms with Gasteiger partial charge in [-0.1, -0.05) is 20.8 Å². The number of hydrogen-bond acceptors (Lipinski definition) is 2. The lowest BCUT2D eigenvalue weighted by Gasteiger charge is -2.30. The molecular weight excluding hydrogens is 346 g/mol. The SMILES string of the molecule is CC(C)(C)[C@@H](N)c1c(C(F)(F)F)ccc(Br)c1O.Cl. The molecule has 1 aromatic rings. The van der Waals surface area contributed by atoms with Crippen LogP contribution in [0.5, 0.6) is 5.75 Å². The van der Waals surface area contributed by atoms with E-state index in [-0.39, 0.29) is 22.4 Å². The number of aromatic hydroxyl groups is 1. The van der Waals surface area contributed by atoms with Crippen LogP contribution in [0.4, 0.5) is 13.2 Å². The van der Waals surface area contributed by atoms with E-state index in [1.807, 2.05) is 0 Å². The van der Waals surface area contributed by atoms with Crippen molar-refractivity contribution in [2.45, 2.75) is 33.0 Å². The van der Waals surface area contributed by atoms with Gasteiger partial charge in [0.25, 0.3) is 0 Å². The molecule has 1 aromatic carbocycles. The van der Waals surface area contributed by atoms with Crippen molar-refractivity contribution in [2.75, 3.05) is 0 Å². The Morgan fingerprint density at radius 3 is 2.05 bits per heavy atom. The van der Waals surface area contributed by atoms with Crippen LogP contribution in [0.1, 0.15) is 37.9 Å². The molecule has 7 heteroatoms. The molecule has 2 nitrogen and oxygen atoms in total. The summed E-state index contributed by atoms with van der Waals surface area (Å²) in [6.45, 7) is 5.16. The maximum absolute atomic E-state index is 12.9. The Morgan fingerprint density at radius 1 is 1.21 bits per heavy atom. The number of phenolic OH excluding ortho intramolecular Hbond substituents is 1. The van der Waals surface area contributed by atoms with Crippen LogP contribution in [-0.4, -0.2) is 5.11 Å². The molecule has 0 aliphatic rings. The van der Waals surface area contributed by atoms with Crippen LogP contribution in [0.15, 0.2) is 16.6 Å². The highest BCUT2D eigenvalue weighted by atomic mass is 79.9. The fraction of sp³-hybridized carbons (Fsp3) is 0.500. The van der Waals surface area contributed by atoms with Gasteiger partial charge < -0.3 is 10.8 Å². The lowest BCUT2D eigenvalue weighted by molar-refractivity contribution is -0.138. The van der Waals surface area contributed by atoms with Gasteiger partial charge in [0.2, 0.25) is 0 Å². The van der Waals surface area contributed by atoms with Gasteiger partial charge in [-0.25, -0.2) is 0 Å². The van der Waals surface area contributed by atoms with E-state index in [1.165, 1.54) is 0 Å².